The molecule has 1 fully saturated rings. The molecule has 1 aliphatic heterocycles. The largest absolute Gasteiger partial charge is 0.358 e. The summed E-state index contributed by atoms with van der Waals surface area (Å²) < 4.78 is 1.02. The molecule has 0 aliphatic carbocycles. The Hall–Kier alpha value is -1.18. The Labute approximate surface area is 138 Å². The molecule has 5 nitrogen and oxygen atoms in total. The van der Waals surface area contributed by atoms with Crippen molar-refractivity contribution in [1.29, 1.82) is 0 Å². The van der Waals surface area contributed by atoms with Crippen LogP contribution in [0, 0.1) is 0 Å². The van der Waals surface area contributed by atoms with Gasteiger partial charge in [0.1, 0.15) is 0 Å². The highest BCUT2D eigenvalue weighted by molar-refractivity contribution is 9.10. The summed E-state index contributed by atoms with van der Waals surface area (Å²) in [6.45, 7) is 3.80. The Morgan fingerprint density at radius 2 is 2.05 bits per heavy atom. The predicted molar refractivity (Wildman–Crippen MR) is 92.4 cm³/mol. The molecule has 1 amide bonds. The Kier molecular flexibility index (Phi) is 5.96. The summed E-state index contributed by atoms with van der Waals surface area (Å²) in [7, 11) is 1.66. The topological polar surface area (TPSA) is 47.6 Å². The van der Waals surface area contributed by atoms with Crippen molar-refractivity contribution in [2.45, 2.75) is 0 Å². The van der Waals surface area contributed by atoms with E-state index in [-0.39, 0.29) is 5.91 Å². The van der Waals surface area contributed by atoms with E-state index >= 15 is 0 Å². The average molecular weight is 371 g/mol. The van der Waals surface area contributed by atoms with Crippen LogP contribution >= 0.6 is 28.1 Å². The number of piperazine rings is 1. The lowest BCUT2D eigenvalue weighted by molar-refractivity contribution is -0.122. The number of thiocarbonyl (C=S) groups is 1. The first-order chi connectivity index (χ1) is 10.1. The van der Waals surface area contributed by atoms with E-state index in [0.29, 0.717) is 6.54 Å². The fourth-order valence-electron chi connectivity index (χ4n) is 2.16. The van der Waals surface area contributed by atoms with Gasteiger partial charge in [-0.15, -0.1) is 0 Å². The minimum atomic E-state index is 0.0540. The summed E-state index contributed by atoms with van der Waals surface area (Å²) in [5.74, 6) is 0.0540. The average Bonchev–Trinajstić information content (AvgIpc) is 2.47. The van der Waals surface area contributed by atoms with Crippen LogP contribution in [0.15, 0.2) is 28.7 Å². The van der Waals surface area contributed by atoms with E-state index in [2.05, 4.69) is 36.4 Å². The lowest BCUT2D eigenvalue weighted by atomic mass is 10.3. The molecule has 0 aromatic heterocycles. The first-order valence-corrected chi connectivity index (χ1v) is 8.03. The number of nitrogens with one attached hydrogen (secondary N) is 2. The third-order valence-electron chi connectivity index (χ3n) is 3.38. The molecule has 1 saturated heterocycles. The lowest BCUT2D eigenvalue weighted by Gasteiger charge is -2.35. The molecule has 1 aliphatic rings. The number of amides is 1. The van der Waals surface area contributed by atoms with Gasteiger partial charge in [0.2, 0.25) is 5.91 Å². The zero-order chi connectivity index (χ0) is 15.2. The molecule has 114 valence electrons. The number of likely N-dealkylation sites (N-methyl/N-ethyl adjacent to an activating group) is 1. The highest BCUT2D eigenvalue weighted by Crippen LogP contribution is 2.16. The molecule has 0 spiro atoms. The predicted octanol–water partition coefficient (Wildman–Crippen LogP) is 1.51. The van der Waals surface area contributed by atoms with E-state index in [9.17, 15) is 4.79 Å². The molecule has 0 radical (unpaired) electrons. The number of carbonyl (C=O) groups is 1. The molecule has 0 atom stereocenters. The molecule has 2 rings (SSSR count). The third-order valence-corrected chi connectivity index (χ3v) is 4.23. The summed E-state index contributed by atoms with van der Waals surface area (Å²) in [6.07, 6.45) is 0. The van der Waals surface area contributed by atoms with Crippen LogP contribution in [0.3, 0.4) is 0 Å². The summed E-state index contributed by atoms with van der Waals surface area (Å²) in [5.41, 5.74) is 0.974. The Morgan fingerprint density at radius 1 is 1.33 bits per heavy atom. The Morgan fingerprint density at radius 3 is 2.67 bits per heavy atom. The van der Waals surface area contributed by atoms with Gasteiger partial charge in [-0.2, -0.15) is 0 Å². The van der Waals surface area contributed by atoms with Gasteiger partial charge < -0.3 is 15.5 Å². The lowest BCUT2D eigenvalue weighted by Crippen LogP contribution is -2.51. The maximum Gasteiger partial charge on any atom is 0.233 e. The second-order valence-corrected chi connectivity index (χ2v) is 6.18. The number of carbonyl (C=O) groups excluding carboxylic acids is 1. The number of nitrogens with zero attached hydrogens (tertiary/aromatic N) is 2. The number of hydrogen-bond donors (Lipinski definition) is 2. The van der Waals surface area contributed by atoms with E-state index in [0.717, 1.165) is 41.5 Å². The highest BCUT2D eigenvalue weighted by atomic mass is 79.9. The van der Waals surface area contributed by atoms with Crippen molar-refractivity contribution in [2.75, 3.05) is 45.1 Å². The van der Waals surface area contributed by atoms with Crippen LogP contribution in [0.5, 0.6) is 0 Å². The number of rotatable bonds is 3. The van der Waals surface area contributed by atoms with E-state index in [4.69, 9.17) is 12.2 Å². The van der Waals surface area contributed by atoms with Crippen molar-refractivity contribution < 1.29 is 4.79 Å². The maximum atomic E-state index is 11.4. The molecule has 7 heteroatoms. The first kappa shape index (κ1) is 16.2. The molecular weight excluding hydrogens is 352 g/mol. The van der Waals surface area contributed by atoms with Crippen molar-refractivity contribution in [1.82, 2.24) is 15.1 Å². The van der Waals surface area contributed by atoms with Gasteiger partial charge in [0.05, 0.1) is 6.54 Å². The Balaban J connectivity index is 1.82. The zero-order valence-electron chi connectivity index (χ0n) is 11.9. The van der Waals surface area contributed by atoms with Gasteiger partial charge >= 0.3 is 0 Å². The molecule has 1 aromatic carbocycles. The highest BCUT2D eigenvalue weighted by Gasteiger charge is 2.20. The standard InChI is InChI=1S/C14H19BrN4OS/c1-16-13(20)10-18-5-7-19(8-6-18)14(21)17-12-4-2-3-11(15)9-12/h2-4,9H,5-8,10H2,1H3,(H,16,20)(H,17,21). The maximum absolute atomic E-state index is 11.4. The number of anilines is 1. The van der Waals surface area contributed by atoms with Gasteiger partial charge in [0, 0.05) is 43.4 Å². The van der Waals surface area contributed by atoms with Crippen LogP contribution in [-0.2, 0) is 4.79 Å². The minimum Gasteiger partial charge on any atom is -0.358 e. The summed E-state index contributed by atoms with van der Waals surface area (Å²) in [6, 6.07) is 7.93. The van der Waals surface area contributed by atoms with Gasteiger partial charge in [-0.3, -0.25) is 9.69 Å². The van der Waals surface area contributed by atoms with Gasteiger partial charge in [-0.25, -0.2) is 0 Å². The zero-order valence-corrected chi connectivity index (χ0v) is 14.3. The summed E-state index contributed by atoms with van der Waals surface area (Å²) in [5, 5.41) is 6.63. The number of halogens is 1. The summed E-state index contributed by atoms with van der Waals surface area (Å²) in [4.78, 5) is 15.6. The molecule has 0 unspecified atom stereocenters. The third kappa shape index (κ3) is 4.94. The van der Waals surface area contributed by atoms with Gasteiger partial charge in [0.25, 0.3) is 0 Å². The smallest absolute Gasteiger partial charge is 0.233 e. The molecule has 2 N–H and O–H groups in total. The second-order valence-electron chi connectivity index (χ2n) is 4.88. The quantitative estimate of drug-likeness (QED) is 0.789. The SMILES string of the molecule is CNC(=O)CN1CCN(C(=S)Nc2cccc(Br)c2)CC1. The van der Waals surface area contributed by atoms with E-state index < -0.39 is 0 Å². The van der Waals surface area contributed by atoms with Crippen LogP contribution in [0.4, 0.5) is 5.69 Å². The Bertz CT molecular complexity index is 517. The molecular formula is C14H19BrN4OS. The molecule has 1 aromatic rings. The van der Waals surface area contributed by atoms with Crippen molar-refractivity contribution in [2.24, 2.45) is 0 Å². The minimum absolute atomic E-state index is 0.0540. The van der Waals surface area contributed by atoms with Gasteiger partial charge in [0.15, 0.2) is 5.11 Å². The van der Waals surface area contributed by atoms with Crippen LogP contribution in [-0.4, -0.2) is 60.6 Å². The van der Waals surface area contributed by atoms with E-state index in [1.807, 2.05) is 24.3 Å². The summed E-state index contributed by atoms with van der Waals surface area (Å²) >= 11 is 8.89. The molecule has 21 heavy (non-hydrogen) atoms. The van der Waals surface area contributed by atoms with Crippen LogP contribution < -0.4 is 10.6 Å². The van der Waals surface area contributed by atoms with Gasteiger partial charge in [-0.1, -0.05) is 22.0 Å². The van der Waals surface area contributed by atoms with E-state index in [1.54, 1.807) is 7.05 Å². The normalized spacial score (nSPS) is 15.6. The van der Waals surface area contributed by atoms with Crippen molar-refractivity contribution >= 4 is 44.9 Å². The molecule has 0 saturated carbocycles. The van der Waals surface area contributed by atoms with Crippen LogP contribution in [0.25, 0.3) is 0 Å². The fourth-order valence-corrected chi connectivity index (χ4v) is 2.86. The first-order valence-electron chi connectivity index (χ1n) is 6.83. The van der Waals surface area contributed by atoms with E-state index in [1.165, 1.54) is 0 Å². The number of hydrogen-bond acceptors (Lipinski definition) is 3. The van der Waals surface area contributed by atoms with Crippen molar-refractivity contribution in [3.63, 3.8) is 0 Å². The molecule has 1 heterocycles. The number of benzene rings is 1. The van der Waals surface area contributed by atoms with Crippen molar-refractivity contribution in [3.8, 4) is 0 Å². The van der Waals surface area contributed by atoms with Crippen LogP contribution in [0.2, 0.25) is 0 Å². The fraction of sp³-hybridized carbons (Fsp3) is 0.429. The second kappa shape index (κ2) is 7.72. The van der Waals surface area contributed by atoms with Crippen molar-refractivity contribution in [3.05, 3.63) is 28.7 Å². The monoisotopic (exact) mass is 370 g/mol. The van der Waals surface area contributed by atoms with Crippen LogP contribution in [0.1, 0.15) is 0 Å². The van der Waals surface area contributed by atoms with Gasteiger partial charge in [-0.05, 0) is 30.4 Å². The molecule has 0 bridgehead atoms.